The predicted octanol–water partition coefficient (Wildman–Crippen LogP) is -0.447. The molecule has 0 aliphatic heterocycles. The van der Waals surface area contributed by atoms with Crippen LogP contribution in [0.15, 0.2) is 0 Å². The monoisotopic (exact) mass is 272 g/mol. The van der Waals surface area contributed by atoms with Gasteiger partial charge in [-0.15, -0.1) is 0 Å². The summed E-state index contributed by atoms with van der Waals surface area (Å²) in [7, 11) is 0. The van der Waals surface area contributed by atoms with Crippen LogP contribution in [0.5, 0.6) is 0 Å². The number of amides is 3. The van der Waals surface area contributed by atoms with Gasteiger partial charge in [0.25, 0.3) is 0 Å². The average Bonchev–Trinajstić information content (AvgIpc) is 2.34. The van der Waals surface area contributed by atoms with Gasteiger partial charge in [0.05, 0.1) is 0 Å². The van der Waals surface area contributed by atoms with Crippen molar-refractivity contribution in [1.82, 2.24) is 10.7 Å². The minimum absolute atomic E-state index is 0.0327. The van der Waals surface area contributed by atoms with Crippen molar-refractivity contribution in [3.8, 4) is 0 Å². The molecule has 0 fully saturated rings. The van der Waals surface area contributed by atoms with E-state index in [9.17, 15) is 14.4 Å². The lowest BCUT2D eigenvalue weighted by Gasteiger charge is -2.18. The first-order valence-electron chi connectivity index (χ1n) is 6.46. The molecule has 0 spiro atoms. The van der Waals surface area contributed by atoms with Gasteiger partial charge in [-0.1, -0.05) is 20.3 Å². The van der Waals surface area contributed by atoms with Crippen LogP contribution in [0.3, 0.4) is 0 Å². The summed E-state index contributed by atoms with van der Waals surface area (Å²) in [5, 5.41) is 2.61. The maximum Gasteiger partial charge on any atom is 0.240 e. The molecule has 0 heterocycles. The van der Waals surface area contributed by atoms with Crippen LogP contribution in [0.25, 0.3) is 0 Å². The molecule has 0 saturated heterocycles. The Balaban J connectivity index is 3.80. The standard InChI is InChI=1S/C12H24N4O3/c1-8(2)11(12(13)19)15-9(17)6-4-3-5-7-10(18)16-14/h8,11H,3-7,14H2,1-2H3,(H2,13,19)(H,15,17)(H,16,18). The van der Waals surface area contributed by atoms with Crippen LogP contribution >= 0.6 is 0 Å². The fraction of sp³-hybridized carbons (Fsp3) is 0.750. The Kier molecular flexibility index (Phi) is 8.52. The summed E-state index contributed by atoms with van der Waals surface area (Å²) in [6.07, 6.45) is 2.77. The Morgan fingerprint density at radius 3 is 1.95 bits per heavy atom. The average molecular weight is 272 g/mol. The van der Waals surface area contributed by atoms with Crippen molar-refractivity contribution < 1.29 is 14.4 Å². The molecular formula is C12H24N4O3. The van der Waals surface area contributed by atoms with E-state index in [1.807, 2.05) is 19.3 Å². The summed E-state index contributed by atoms with van der Waals surface area (Å²) in [4.78, 5) is 33.5. The van der Waals surface area contributed by atoms with Crippen LogP contribution in [0.4, 0.5) is 0 Å². The molecular weight excluding hydrogens is 248 g/mol. The second-order valence-electron chi connectivity index (χ2n) is 4.82. The molecule has 0 aromatic carbocycles. The van der Waals surface area contributed by atoms with Gasteiger partial charge in [-0.2, -0.15) is 0 Å². The normalized spacial score (nSPS) is 12.0. The molecule has 1 atom stereocenters. The Hall–Kier alpha value is -1.63. The van der Waals surface area contributed by atoms with E-state index in [1.165, 1.54) is 0 Å². The second kappa shape index (κ2) is 9.32. The molecule has 6 N–H and O–H groups in total. The number of rotatable bonds is 9. The highest BCUT2D eigenvalue weighted by Crippen LogP contribution is 2.05. The molecule has 110 valence electrons. The first-order chi connectivity index (χ1) is 8.88. The third-order valence-corrected chi connectivity index (χ3v) is 2.76. The van der Waals surface area contributed by atoms with Gasteiger partial charge in [0.2, 0.25) is 17.7 Å². The van der Waals surface area contributed by atoms with Gasteiger partial charge in [0.15, 0.2) is 0 Å². The van der Waals surface area contributed by atoms with Gasteiger partial charge in [-0.3, -0.25) is 19.8 Å². The zero-order valence-corrected chi connectivity index (χ0v) is 11.6. The van der Waals surface area contributed by atoms with Gasteiger partial charge in [0, 0.05) is 12.8 Å². The maximum atomic E-state index is 11.6. The molecule has 19 heavy (non-hydrogen) atoms. The largest absolute Gasteiger partial charge is 0.368 e. The summed E-state index contributed by atoms with van der Waals surface area (Å²) in [5.74, 6) is 3.98. The molecule has 0 aliphatic carbocycles. The van der Waals surface area contributed by atoms with E-state index in [2.05, 4.69) is 5.32 Å². The minimum Gasteiger partial charge on any atom is -0.368 e. The molecule has 0 aliphatic rings. The number of unbranched alkanes of at least 4 members (excludes halogenated alkanes) is 2. The quantitative estimate of drug-likeness (QED) is 0.196. The molecule has 1 unspecified atom stereocenters. The highest BCUT2D eigenvalue weighted by molar-refractivity contribution is 5.86. The van der Waals surface area contributed by atoms with Crippen LogP contribution in [0.1, 0.15) is 46.0 Å². The van der Waals surface area contributed by atoms with Crippen molar-refractivity contribution >= 4 is 17.7 Å². The number of primary amides is 1. The summed E-state index contributed by atoms with van der Waals surface area (Å²) in [5.41, 5.74) is 7.25. The topological polar surface area (TPSA) is 127 Å². The van der Waals surface area contributed by atoms with Crippen molar-refractivity contribution in [2.24, 2.45) is 17.5 Å². The summed E-state index contributed by atoms with van der Waals surface area (Å²) in [6, 6.07) is -0.629. The summed E-state index contributed by atoms with van der Waals surface area (Å²) in [6.45, 7) is 3.64. The number of carbonyl (C=O) groups is 3. The van der Waals surface area contributed by atoms with Crippen molar-refractivity contribution in [2.45, 2.75) is 52.0 Å². The summed E-state index contributed by atoms with van der Waals surface area (Å²) >= 11 is 0. The van der Waals surface area contributed by atoms with Crippen LogP contribution in [0.2, 0.25) is 0 Å². The third kappa shape index (κ3) is 8.15. The first-order valence-corrected chi connectivity index (χ1v) is 6.46. The van der Waals surface area contributed by atoms with E-state index in [0.717, 1.165) is 6.42 Å². The number of carbonyl (C=O) groups excluding carboxylic acids is 3. The Morgan fingerprint density at radius 2 is 1.53 bits per heavy atom. The molecule has 0 bridgehead atoms. The highest BCUT2D eigenvalue weighted by atomic mass is 16.2. The number of nitrogens with two attached hydrogens (primary N) is 2. The van der Waals surface area contributed by atoms with Gasteiger partial charge >= 0.3 is 0 Å². The van der Waals surface area contributed by atoms with Gasteiger partial charge in [0.1, 0.15) is 6.04 Å². The van der Waals surface area contributed by atoms with E-state index in [0.29, 0.717) is 25.7 Å². The zero-order valence-electron chi connectivity index (χ0n) is 11.6. The Labute approximate surface area is 113 Å². The van der Waals surface area contributed by atoms with Crippen molar-refractivity contribution in [2.75, 3.05) is 0 Å². The molecule has 7 nitrogen and oxygen atoms in total. The van der Waals surface area contributed by atoms with E-state index >= 15 is 0 Å². The van der Waals surface area contributed by atoms with Crippen LogP contribution in [-0.2, 0) is 14.4 Å². The van der Waals surface area contributed by atoms with E-state index in [-0.39, 0.29) is 17.7 Å². The Morgan fingerprint density at radius 1 is 1.00 bits per heavy atom. The van der Waals surface area contributed by atoms with E-state index in [1.54, 1.807) is 0 Å². The smallest absolute Gasteiger partial charge is 0.240 e. The maximum absolute atomic E-state index is 11.6. The van der Waals surface area contributed by atoms with Crippen molar-refractivity contribution in [1.29, 1.82) is 0 Å². The molecule has 3 amide bonds. The van der Waals surface area contributed by atoms with Gasteiger partial charge in [-0.25, -0.2) is 5.84 Å². The highest BCUT2D eigenvalue weighted by Gasteiger charge is 2.21. The van der Waals surface area contributed by atoms with Crippen LogP contribution in [0, 0.1) is 5.92 Å². The van der Waals surface area contributed by atoms with Crippen LogP contribution < -0.4 is 22.3 Å². The van der Waals surface area contributed by atoms with Gasteiger partial charge in [-0.05, 0) is 18.8 Å². The molecule has 0 aromatic rings. The fourth-order valence-corrected chi connectivity index (χ4v) is 1.63. The summed E-state index contributed by atoms with van der Waals surface area (Å²) < 4.78 is 0. The van der Waals surface area contributed by atoms with Gasteiger partial charge < -0.3 is 11.1 Å². The predicted molar refractivity (Wildman–Crippen MR) is 71.4 cm³/mol. The lowest BCUT2D eigenvalue weighted by Crippen LogP contribution is -2.47. The fourth-order valence-electron chi connectivity index (χ4n) is 1.63. The first kappa shape index (κ1) is 17.4. The number of hydrogen-bond acceptors (Lipinski definition) is 4. The molecule has 7 heteroatoms. The molecule has 0 rings (SSSR count). The van der Waals surface area contributed by atoms with E-state index < -0.39 is 11.9 Å². The lowest BCUT2D eigenvalue weighted by molar-refractivity contribution is -0.128. The van der Waals surface area contributed by atoms with E-state index in [4.69, 9.17) is 11.6 Å². The zero-order chi connectivity index (χ0) is 14.8. The number of nitrogens with one attached hydrogen (secondary N) is 2. The minimum atomic E-state index is -0.629. The molecule has 0 aromatic heterocycles. The van der Waals surface area contributed by atoms with Crippen molar-refractivity contribution in [3.63, 3.8) is 0 Å². The number of hydrogen-bond donors (Lipinski definition) is 4. The molecule has 0 radical (unpaired) electrons. The third-order valence-electron chi connectivity index (χ3n) is 2.76. The second-order valence-corrected chi connectivity index (χ2v) is 4.82. The lowest BCUT2D eigenvalue weighted by atomic mass is 10.0. The Bertz CT molecular complexity index is 318. The SMILES string of the molecule is CC(C)C(NC(=O)CCCCCC(=O)NN)C(N)=O. The molecule has 0 saturated carbocycles. The van der Waals surface area contributed by atoms with Crippen molar-refractivity contribution in [3.05, 3.63) is 0 Å². The number of hydrazine groups is 1. The van der Waals surface area contributed by atoms with Crippen LogP contribution in [-0.4, -0.2) is 23.8 Å².